The predicted molar refractivity (Wildman–Crippen MR) is 198 cm³/mol. The van der Waals surface area contributed by atoms with Crippen molar-refractivity contribution in [1.82, 2.24) is 0 Å². The van der Waals surface area contributed by atoms with Gasteiger partial charge in [-0.15, -0.1) is 0 Å². The first-order valence-electron chi connectivity index (χ1n) is 24.3. The Kier molecular flexibility index (Phi) is 4.31. The van der Waals surface area contributed by atoms with E-state index in [9.17, 15) is 4.11 Å². The molecule has 0 spiro atoms. The SMILES string of the molecule is [2H]C=C(C(=C)/C=C\C([2H])=C)/C([2H])=C(/[2H])C(=C[2H])c1cc([2H])c([2H])c([2H])c([2H])cc(-c2c([2H])c(/C=C([2H])/C([2H])=C(/[2H])C([2H])=C[2H])c([2H])c3oc4c([2H])c([2H])c([2H])c([2H])c4c23)c2cc([2H])c([2H])cc12. The molecule has 0 bridgehead atoms. The third-order valence-corrected chi connectivity index (χ3v) is 6.18. The zero-order chi connectivity index (χ0) is 50.3. The second-order valence-electron chi connectivity index (χ2n) is 8.93. The summed E-state index contributed by atoms with van der Waals surface area (Å²) in [4.78, 5) is 0. The number of benzene rings is 3. The van der Waals surface area contributed by atoms with Crippen LogP contribution in [0.25, 0.3) is 55.5 Å². The van der Waals surface area contributed by atoms with Gasteiger partial charge in [0.25, 0.3) is 0 Å². The van der Waals surface area contributed by atoms with Crippen molar-refractivity contribution in [3.63, 3.8) is 0 Å². The summed E-state index contributed by atoms with van der Waals surface area (Å²) in [6, 6.07) is -9.87. The molecule has 1 heteroatoms. The van der Waals surface area contributed by atoms with Crippen LogP contribution in [0.1, 0.15) is 41.3 Å². The zero-order valence-corrected chi connectivity index (χ0v) is 23.6. The summed E-state index contributed by atoms with van der Waals surface area (Å²) < 4.78 is 195. The van der Waals surface area contributed by atoms with Crippen molar-refractivity contribution in [2.24, 2.45) is 0 Å². The van der Waals surface area contributed by atoms with E-state index in [1.54, 1.807) is 0 Å². The molecule has 5 aromatic rings. The van der Waals surface area contributed by atoms with Crippen LogP contribution >= 0.6 is 0 Å². The first-order chi connectivity index (χ1) is 31.4. The predicted octanol–water partition coefficient (Wildman–Crippen LogP) is 12.7. The van der Waals surface area contributed by atoms with E-state index in [-0.39, 0.29) is 44.3 Å². The van der Waals surface area contributed by atoms with Crippen molar-refractivity contribution in [2.45, 2.75) is 0 Å². The van der Waals surface area contributed by atoms with Gasteiger partial charge in [-0.3, -0.25) is 0 Å². The maximum Gasteiger partial charge on any atom is 0.136 e. The molecule has 0 atom stereocenters. The molecule has 0 N–H and O–H groups in total. The maximum absolute atomic E-state index is 9.73. The maximum atomic E-state index is 9.73. The van der Waals surface area contributed by atoms with Crippen molar-refractivity contribution in [3.8, 4) is 11.1 Å². The van der Waals surface area contributed by atoms with Gasteiger partial charge in [0.1, 0.15) is 11.2 Å². The van der Waals surface area contributed by atoms with Crippen LogP contribution in [0.3, 0.4) is 0 Å². The Morgan fingerprint density at radius 1 is 0.733 bits per heavy atom. The minimum atomic E-state index is -0.915. The average molecular weight is 603 g/mol. The number of allylic oxidation sites excluding steroid dienone is 12. The van der Waals surface area contributed by atoms with Crippen LogP contribution in [0.4, 0.5) is 0 Å². The Morgan fingerprint density at radius 3 is 2.38 bits per heavy atom. The minimum Gasteiger partial charge on any atom is -0.456 e. The molecule has 5 rings (SSSR count). The number of furan rings is 1. The van der Waals surface area contributed by atoms with Crippen LogP contribution in [0.2, 0.25) is 0 Å². The highest BCUT2D eigenvalue weighted by Crippen LogP contribution is 2.40. The molecule has 0 unspecified atom stereocenters. The lowest BCUT2D eigenvalue weighted by molar-refractivity contribution is 0.669. The highest BCUT2D eigenvalue weighted by molar-refractivity contribution is 6.16. The van der Waals surface area contributed by atoms with Gasteiger partial charge in [-0.1, -0.05) is 172 Å². The van der Waals surface area contributed by atoms with Gasteiger partial charge < -0.3 is 4.42 Å². The number of hydrogen-bond acceptors (Lipinski definition) is 1. The lowest BCUT2D eigenvalue weighted by Gasteiger charge is -2.11. The summed E-state index contributed by atoms with van der Waals surface area (Å²) in [6.45, 7) is 9.00. The normalized spacial score (nSPS) is 21.1. The second kappa shape index (κ2) is 14.5. The monoisotopic (exact) mass is 602 g/mol. The fourth-order valence-corrected chi connectivity index (χ4v) is 4.19. The van der Waals surface area contributed by atoms with Gasteiger partial charge in [0, 0.05) is 10.8 Å². The summed E-state index contributed by atoms with van der Waals surface area (Å²) in [5.74, 6) is 0. The van der Waals surface area contributed by atoms with Gasteiger partial charge in [-0.25, -0.2) is 0 Å². The van der Waals surface area contributed by atoms with Crippen LogP contribution in [-0.2, 0) is 0 Å². The molecule has 1 heterocycles. The van der Waals surface area contributed by atoms with Gasteiger partial charge in [0.2, 0.25) is 0 Å². The number of rotatable bonds is 10. The zero-order valence-electron chi connectivity index (χ0n) is 45.6. The van der Waals surface area contributed by atoms with Crippen LogP contribution in [-0.4, -0.2) is 0 Å². The van der Waals surface area contributed by atoms with Crippen LogP contribution < -0.4 is 0 Å². The second-order valence-corrected chi connectivity index (χ2v) is 8.93. The lowest BCUT2D eigenvalue weighted by atomic mass is 9.92. The molecule has 0 amide bonds. The van der Waals surface area contributed by atoms with Gasteiger partial charge in [0.05, 0.1) is 30.2 Å². The standard InChI is InChI=1S/C44H36O/c1-6-8-10-13-21-35-30-41(44-40-26-18-19-27-42(40)45-43(44)31-35)39-23-15-12-11-14-22-36(37-24-16-17-25-38(37)39)34(5)29-28-33(4)32(3)20-9-7-2/h6-31H,1-5H2/b10-8-,12-11?,14-11?,15-12?,20-9-,21-13+,22-14?,23-15?,29-28-,36-22?,37-36?,39-23?,39-38?/i1D,4D,5D,6D,7D,8D,10D,11D,12D,13D,14D,15D,16D,17D,18D,19D,26D,27D,28D,29D,30D,31D/b6-1?,10-8-,12-11?,14-11?,15-12?,20-9-,21-13+,22-14?,23-15?,29-28-,33-4?,34-5?,36-22?,37-36?,39-23?,39-38?. The molecule has 45 heavy (non-hydrogen) atoms. The first kappa shape index (κ1) is 13.4. The Balaban J connectivity index is 2.20. The average Bonchev–Trinajstić information content (AvgIpc) is 3.70. The number of hydrogen-bond donors (Lipinski definition) is 0. The quantitative estimate of drug-likeness (QED) is 0.145. The molecule has 1 aromatic heterocycles. The summed E-state index contributed by atoms with van der Waals surface area (Å²) in [6.07, 6.45) is 3.27. The molecule has 0 aliphatic heterocycles. The minimum absolute atomic E-state index is 0.0161. The molecule has 0 aliphatic carbocycles. The van der Waals surface area contributed by atoms with E-state index in [0.717, 1.165) is 30.3 Å². The van der Waals surface area contributed by atoms with E-state index in [0.29, 0.717) is 19.7 Å². The summed E-state index contributed by atoms with van der Waals surface area (Å²) in [5.41, 5.74) is -3.58. The Morgan fingerprint density at radius 2 is 1.56 bits per heavy atom. The Bertz CT molecular complexity index is 3290. The fraction of sp³-hybridized carbons (Fsp3) is 0. The van der Waals surface area contributed by atoms with E-state index in [4.69, 9.17) is 30.5 Å². The molecule has 0 fully saturated rings. The molecular weight excluding hydrogens is 544 g/mol. The topological polar surface area (TPSA) is 13.1 Å². The van der Waals surface area contributed by atoms with Crippen LogP contribution in [0, 0.1) is 0 Å². The highest BCUT2D eigenvalue weighted by atomic mass is 16.3. The highest BCUT2D eigenvalue weighted by Gasteiger charge is 2.15. The van der Waals surface area contributed by atoms with Crippen molar-refractivity contribution in [1.29, 1.82) is 0 Å². The summed E-state index contributed by atoms with van der Waals surface area (Å²) >= 11 is 0. The lowest BCUT2D eigenvalue weighted by Crippen LogP contribution is -1.87. The van der Waals surface area contributed by atoms with Crippen LogP contribution in [0.15, 0.2) is 200 Å². The smallest absolute Gasteiger partial charge is 0.136 e. The molecule has 0 saturated heterocycles. The largest absolute Gasteiger partial charge is 0.456 e. The van der Waals surface area contributed by atoms with Gasteiger partial charge in [-0.2, -0.15) is 0 Å². The fourth-order valence-electron chi connectivity index (χ4n) is 4.19. The molecule has 0 saturated carbocycles. The van der Waals surface area contributed by atoms with E-state index in [2.05, 4.69) is 13.2 Å². The third kappa shape index (κ3) is 7.01. The molecule has 218 valence electrons. The van der Waals surface area contributed by atoms with Crippen molar-refractivity contribution >= 4 is 44.4 Å². The summed E-state index contributed by atoms with van der Waals surface area (Å²) in [5, 5.41) is -1.27. The van der Waals surface area contributed by atoms with Crippen molar-refractivity contribution in [2.75, 3.05) is 0 Å². The Labute approximate surface area is 297 Å². The molecule has 0 aliphatic rings. The van der Waals surface area contributed by atoms with E-state index in [1.807, 2.05) is 0 Å². The summed E-state index contributed by atoms with van der Waals surface area (Å²) in [7, 11) is 0. The van der Waals surface area contributed by atoms with Gasteiger partial charge in [0.15, 0.2) is 0 Å². The van der Waals surface area contributed by atoms with E-state index >= 15 is 0 Å². The molecular formula is C44H36O. The number of fused-ring (bicyclic) bond motifs is 4. The van der Waals surface area contributed by atoms with Gasteiger partial charge >= 0.3 is 0 Å². The first-order valence-corrected chi connectivity index (χ1v) is 13.0. The van der Waals surface area contributed by atoms with E-state index < -0.39 is 142 Å². The van der Waals surface area contributed by atoms with Crippen molar-refractivity contribution < 1.29 is 34.6 Å². The Hall–Kier alpha value is -5.92. The van der Waals surface area contributed by atoms with Gasteiger partial charge in [-0.05, 0) is 67.9 Å². The molecule has 0 radical (unpaired) electrons. The number of para-hydroxylation sites is 1. The molecule has 4 aromatic carbocycles. The third-order valence-electron chi connectivity index (χ3n) is 6.18. The van der Waals surface area contributed by atoms with E-state index in [1.165, 1.54) is 12.2 Å². The van der Waals surface area contributed by atoms with Crippen molar-refractivity contribution in [3.05, 3.63) is 206 Å². The van der Waals surface area contributed by atoms with Crippen LogP contribution in [0.5, 0.6) is 0 Å². The molecule has 1 nitrogen and oxygen atoms in total.